The summed E-state index contributed by atoms with van der Waals surface area (Å²) in [5.74, 6) is 0.750. The molecule has 1 saturated heterocycles. The fourth-order valence-electron chi connectivity index (χ4n) is 2.44. The SMILES string of the molecule is CC(C)C(C)N(C)CC1(C)CCNCC1. The lowest BCUT2D eigenvalue weighted by atomic mass is 9.80. The smallest absolute Gasteiger partial charge is 0.00871 e. The molecule has 1 fully saturated rings. The van der Waals surface area contributed by atoms with Crippen molar-refractivity contribution in [3.05, 3.63) is 0 Å². The van der Waals surface area contributed by atoms with Crippen LogP contribution in [0.3, 0.4) is 0 Å². The summed E-state index contributed by atoms with van der Waals surface area (Å²) in [6.45, 7) is 13.0. The summed E-state index contributed by atoms with van der Waals surface area (Å²) in [4.78, 5) is 2.54. The highest BCUT2D eigenvalue weighted by Gasteiger charge is 2.29. The van der Waals surface area contributed by atoms with Gasteiger partial charge in [-0.05, 0) is 51.2 Å². The molecule has 0 amide bonds. The van der Waals surface area contributed by atoms with Crippen LogP contribution in [0, 0.1) is 11.3 Å². The first-order valence-electron chi connectivity index (χ1n) is 6.35. The first-order chi connectivity index (χ1) is 6.94. The zero-order valence-electron chi connectivity index (χ0n) is 11.1. The molecular weight excluding hydrogens is 184 g/mol. The summed E-state index contributed by atoms with van der Waals surface area (Å²) >= 11 is 0. The van der Waals surface area contributed by atoms with E-state index in [1.165, 1.54) is 32.5 Å². The third-order valence-electron chi connectivity index (χ3n) is 4.10. The maximum Gasteiger partial charge on any atom is 0.00871 e. The number of nitrogens with one attached hydrogen (secondary N) is 1. The quantitative estimate of drug-likeness (QED) is 0.769. The Hall–Kier alpha value is -0.0800. The minimum absolute atomic E-state index is 0.531. The monoisotopic (exact) mass is 212 g/mol. The van der Waals surface area contributed by atoms with Crippen molar-refractivity contribution >= 4 is 0 Å². The van der Waals surface area contributed by atoms with Gasteiger partial charge in [-0.25, -0.2) is 0 Å². The van der Waals surface area contributed by atoms with E-state index in [2.05, 4.69) is 45.0 Å². The lowest BCUT2D eigenvalue weighted by Crippen LogP contribution is -2.45. The molecule has 1 aliphatic heterocycles. The zero-order valence-corrected chi connectivity index (χ0v) is 11.1. The Morgan fingerprint density at radius 2 is 1.73 bits per heavy atom. The van der Waals surface area contributed by atoms with Gasteiger partial charge in [0.05, 0.1) is 0 Å². The molecular formula is C13H28N2. The van der Waals surface area contributed by atoms with E-state index >= 15 is 0 Å². The molecule has 0 aromatic heterocycles. The molecule has 0 bridgehead atoms. The predicted molar refractivity (Wildman–Crippen MR) is 67.1 cm³/mol. The van der Waals surface area contributed by atoms with Gasteiger partial charge < -0.3 is 10.2 Å². The van der Waals surface area contributed by atoms with Crippen molar-refractivity contribution < 1.29 is 0 Å². The third-order valence-corrected chi connectivity index (χ3v) is 4.10. The van der Waals surface area contributed by atoms with Crippen molar-refractivity contribution in [3.8, 4) is 0 Å². The Morgan fingerprint density at radius 1 is 1.20 bits per heavy atom. The molecule has 15 heavy (non-hydrogen) atoms. The molecule has 2 nitrogen and oxygen atoms in total. The maximum atomic E-state index is 3.45. The van der Waals surface area contributed by atoms with Gasteiger partial charge >= 0.3 is 0 Å². The van der Waals surface area contributed by atoms with Crippen LogP contribution in [0.1, 0.15) is 40.5 Å². The first-order valence-corrected chi connectivity index (χ1v) is 6.35. The van der Waals surface area contributed by atoms with E-state index in [4.69, 9.17) is 0 Å². The molecule has 1 N–H and O–H groups in total. The van der Waals surface area contributed by atoms with Gasteiger partial charge in [0.15, 0.2) is 0 Å². The fourth-order valence-corrected chi connectivity index (χ4v) is 2.44. The molecule has 1 aliphatic rings. The van der Waals surface area contributed by atoms with E-state index in [1.54, 1.807) is 0 Å². The van der Waals surface area contributed by atoms with Crippen molar-refractivity contribution in [3.63, 3.8) is 0 Å². The van der Waals surface area contributed by atoms with E-state index in [9.17, 15) is 0 Å². The van der Waals surface area contributed by atoms with E-state index in [0.717, 1.165) is 5.92 Å². The van der Waals surface area contributed by atoms with Gasteiger partial charge in [-0.1, -0.05) is 20.8 Å². The van der Waals surface area contributed by atoms with Crippen LogP contribution in [0.25, 0.3) is 0 Å². The van der Waals surface area contributed by atoms with Gasteiger partial charge in [0, 0.05) is 12.6 Å². The van der Waals surface area contributed by atoms with Crippen LogP contribution >= 0.6 is 0 Å². The molecule has 1 unspecified atom stereocenters. The zero-order chi connectivity index (χ0) is 11.5. The Bertz CT molecular complexity index is 183. The average Bonchev–Trinajstić information content (AvgIpc) is 2.16. The number of rotatable bonds is 4. The van der Waals surface area contributed by atoms with Crippen molar-refractivity contribution in [1.82, 2.24) is 10.2 Å². The number of piperidine rings is 1. The third kappa shape index (κ3) is 3.76. The van der Waals surface area contributed by atoms with Crippen LogP contribution < -0.4 is 5.32 Å². The first kappa shape index (κ1) is 13.0. The minimum Gasteiger partial charge on any atom is -0.317 e. The van der Waals surface area contributed by atoms with Crippen molar-refractivity contribution in [2.24, 2.45) is 11.3 Å². The van der Waals surface area contributed by atoms with Crippen molar-refractivity contribution in [2.75, 3.05) is 26.7 Å². The summed E-state index contributed by atoms with van der Waals surface area (Å²) in [6, 6.07) is 0.691. The summed E-state index contributed by atoms with van der Waals surface area (Å²) in [5.41, 5.74) is 0.531. The van der Waals surface area contributed by atoms with E-state index in [1.807, 2.05) is 0 Å². The topological polar surface area (TPSA) is 15.3 Å². The molecule has 0 saturated carbocycles. The molecule has 1 heterocycles. The summed E-state index contributed by atoms with van der Waals surface area (Å²) < 4.78 is 0. The van der Waals surface area contributed by atoms with Gasteiger partial charge in [-0.15, -0.1) is 0 Å². The van der Waals surface area contributed by atoms with E-state index < -0.39 is 0 Å². The molecule has 0 radical (unpaired) electrons. The van der Waals surface area contributed by atoms with Crippen molar-refractivity contribution in [2.45, 2.75) is 46.6 Å². The molecule has 0 spiro atoms. The maximum absolute atomic E-state index is 3.45. The predicted octanol–water partition coefficient (Wildman–Crippen LogP) is 2.35. The second-order valence-electron chi connectivity index (χ2n) is 5.96. The van der Waals surface area contributed by atoms with Gasteiger partial charge in [-0.3, -0.25) is 0 Å². The standard InChI is InChI=1S/C13H28N2/c1-11(2)12(3)15(5)10-13(4)6-8-14-9-7-13/h11-12,14H,6-10H2,1-5H3. The lowest BCUT2D eigenvalue weighted by molar-refractivity contribution is 0.105. The second-order valence-corrected chi connectivity index (χ2v) is 5.96. The highest BCUT2D eigenvalue weighted by atomic mass is 15.1. The summed E-state index contributed by atoms with van der Waals surface area (Å²) in [5, 5.41) is 3.45. The molecule has 1 atom stereocenters. The van der Waals surface area contributed by atoms with Gasteiger partial charge in [0.1, 0.15) is 0 Å². The highest BCUT2D eigenvalue weighted by molar-refractivity contribution is 4.84. The lowest BCUT2D eigenvalue weighted by Gasteiger charge is -2.40. The Morgan fingerprint density at radius 3 is 2.20 bits per heavy atom. The highest BCUT2D eigenvalue weighted by Crippen LogP contribution is 2.29. The largest absolute Gasteiger partial charge is 0.317 e. The molecule has 90 valence electrons. The van der Waals surface area contributed by atoms with Crippen LogP contribution in [0.2, 0.25) is 0 Å². The number of hydrogen-bond donors (Lipinski definition) is 1. The van der Waals surface area contributed by atoms with Crippen LogP contribution in [0.15, 0.2) is 0 Å². The number of nitrogens with zero attached hydrogens (tertiary/aromatic N) is 1. The van der Waals surface area contributed by atoms with Crippen LogP contribution in [-0.4, -0.2) is 37.6 Å². The molecule has 0 aromatic carbocycles. The summed E-state index contributed by atoms with van der Waals surface area (Å²) in [6.07, 6.45) is 2.64. The van der Waals surface area contributed by atoms with Gasteiger partial charge in [0.25, 0.3) is 0 Å². The second kappa shape index (κ2) is 5.31. The van der Waals surface area contributed by atoms with Gasteiger partial charge in [0.2, 0.25) is 0 Å². The normalized spacial score (nSPS) is 23.4. The van der Waals surface area contributed by atoms with Crippen LogP contribution in [0.5, 0.6) is 0 Å². The average molecular weight is 212 g/mol. The molecule has 0 aliphatic carbocycles. The van der Waals surface area contributed by atoms with Crippen LogP contribution in [0.4, 0.5) is 0 Å². The Kier molecular flexibility index (Phi) is 4.60. The summed E-state index contributed by atoms with van der Waals surface area (Å²) in [7, 11) is 2.28. The molecule has 1 rings (SSSR count). The van der Waals surface area contributed by atoms with Crippen molar-refractivity contribution in [1.29, 1.82) is 0 Å². The molecule has 2 heteroatoms. The van der Waals surface area contributed by atoms with Gasteiger partial charge in [-0.2, -0.15) is 0 Å². The van der Waals surface area contributed by atoms with Crippen LogP contribution in [-0.2, 0) is 0 Å². The molecule has 0 aromatic rings. The fraction of sp³-hybridized carbons (Fsp3) is 1.00. The Balaban J connectivity index is 2.45. The Labute approximate surface area is 95.4 Å². The minimum atomic E-state index is 0.531. The number of hydrogen-bond acceptors (Lipinski definition) is 2. The van der Waals surface area contributed by atoms with E-state index in [-0.39, 0.29) is 0 Å². The van der Waals surface area contributed by atoms with E-state index in [0.29, 0.717) is 11.5 Å².